The van der Waals surface area contributed by atoms with Crippen LogP contribution in [-0.2, 0) is 14.8 Å². The van der Waals surface area contributed by atoms with Crippen LogP contribution in [0, 0.1) is 5.92 Å². The van der Waals surface area contributed by atoms with Gasteiger partial charge in [0, 0.05) is 10.9 Å². The largest absolute Gasteiger partial charge is 0.325 e. The predicted octanol–water partition coefficient (Wildman–Crippen LogP) is 1.42. The first-order valence-corrected chi connectivity index (χ1v) is 9.03. The van der Waals surface area contributed by atoms with Gasteiger partial charge in [0.25, 0.3) is 0 Å². The fourth-order valence-electron chi connectivity index (χ4n) is 2.34. The molecular formula is C13H18BrN3O3S. The standard InChI is InChI=1S/C13H18BrN3O3S/c14-11-7-10(21(15,19)20)3-4-12(11)17-13(18)6-9-2-1-5-16-8-9/h3-4,7,9,16H,1-2,5-6,8H2,(H,17,18)(H2,15,19,20). The molecule has 1 unspecified atom stereocenters. The number of nitrogens with one attached hydrogen (secondary N) is 2. The Morgan fingerprint density at radius 1 is 1.48 bits per heavy atom. The first-order chi connectivity index (χ1) is 9.86. The number of piperidine rings is 1. The van der Waals surface area contributed by atoms with Crippen molar-refractivity contribution < 1.29 is 13.2 Å². The van der Waals surface area contributed by atoms with Crippen molar-refractivity contribution in [2.75, 3.05) is 18.4 Å². The van der Waals surface area contributed by atoms with Gasteiger partial charge in [-0.1, -0.05) is 0 Å². The lowest BCUT2D eigenvalue weighted by Crippen LogP contribution is -2.32. The number of amides is 1. The Balaban J connectivity index is 2.00. The van der Waals surface area contributed by atoms with Gasteiger partial charge >= 0.3 is 0 Å². The van der Waals surface area contributed by atoms with Gasteiger partial charge in [-0.3, -0.25) is 4.79 Å². The van der Waals surface area contributed by atoms with Gasteiger partial charge in [-0.05, 0) is 66.0 Å². The summed E-state index contributed by atoms with van der Waals surface area (Å²) in [7, 11) is -3.74. The Bertz CT molecular complexity index is 628. The van der Waals surface area contributed by atoms with Crippen LogP contribution in [0.25, 0.3) is 0 Å². The quantitative estimate of drug-likeness (QED) is 0.740. The molecule has 0 bridgehead atoms. The summed E-state index contributed by atoms with van der Waals surface area (Å²) >= 11 is 3.25. The first kappa shape index (κ1) is 16.4. The molecule has 21 heavy (non-hydrogen) atoms. The molecule has 116 valence electrons. The average molecular weight is 376 g/mol. The average Bonchev–Trinajstić information content (AvgIpc) is 2.41. The van der Waals surface area contributed by atoms with Crippen molar-refractivity contribution in [3.63, 3.8) is 0 Å². The highest BCUT2D eigenvalue weighted by Crippen LogP contribution is 2.26. The highest BCUT2D eigenvalue weighted by atomic mass is 79.9. The summed E-state index contributed by atoms with van der Waals surface area (Å²) in [6.07, 6.45) is 2.59. The number of nitrogens with two attached hydrogens (primary N) is 1. The molecule has 1 aliphatic rings. The second kappa shape index (κ2) is 6.87. The summed E-state index contributed by atoms with van der Waals surface area (Å²) < 4.78 is 23.0. The molecule has 4 N–H and O–H groups in total. The number of carbonyl (C=O) groups excluding carboxylic acids is 1. The fourth-order valence-corrected chi connectivity index (χ4v) is 3.51. The van der Waals surface area contributed by atoms with Crippen LogP contribution in [-0.4, -0.2) is 27.4 Å². The molecule has 1 aliphatic heterocycles. The summed E-state index contributed by atoms with van der Waals surface area (Å²) in [6, 6.07) is 4.28. The van der Waals surface area contributed by atoms with E-state index in [0.717, 1.165) is 25.9 Å². The molecule has 8 heteroatoms. The SMILES string of the molecule is NS(=O)(=O)c1ccc(NC(=O)CC2CCCNC2)c(Br)c1. The zero-order valence-electron chi connectivity index (χ0n) is 11.4. The Kier molecular flexibility index (Phi) is 5.37. The minimum Gasteiger partial charge on any atom is -0.325 e. The van der Waals surface area contributed by atoms with Gasteiger partial charge in [-0.25, -0.2) is 13.6 Å². The molecule has 0 saturated carbocycles. The number of halogens is 1. The van der Waals surface area contributed by atoms with E-state index in [2.05, 4.69) is 26.6 Å². The van der Waals surface area contributed by atoms with Crippen LogP contribution in [0.3, 0.4) is 0 Å². The maximum atomic E-state index is 12.0. The summed E-state index contributed by atoms with van der Waals surface area (Å²) in [6.45, 7) is 1.87. The van der Waals surface area contributed by atoms with E-state index in [1.165, 1.54) is 18.2 Å². The highest BCUT2D eigenvalue weighted by Gasteiger charge is 2.18. The fraction of sp³-hybridized carbons (Fsp3) is 0.462. The molecule has 0 aromatic heterocycles. The Hall–Kier alpha value is -0.960. The van der Waals surface area contributed by atoms with Gasteiger partial charge in [0.05, 0.1) is 10.6 Å². The molecular weight excluding hydrogens is 358 g/mol. The number of benzene rings is 1. The van der Waals surface area contributed by atoms with E-state index in [9.17, 15) is 13.2 Å². The van der Waals surface area contributed by atoms with Gasteiger partial charge in [-0.2, -0.15) is 0 Å². The Morgan fingerprint density at radius 2 is 2.24 bits per heavy atom. The number of hydrogen-bond acceptors (Lipinski definition) is 4. The number of sulfonamides is 1. The van der Waals surface area contributed by atoms with E-state index in [1.807, 2.05) is 0 Å². The van der Waals surface area contributed by atoms with Crippen molar-refractivity contribution in [1.82, 2.24) is 5.32 Å². The summed E-state index contributed by atoms with van der Waals surface area (Å²) in [5.74, 6) is 0.272. The number of carbonyl (C=O) groups is 1. The van der Waals surface area contributed by atoms with Crippen LogP contribution in [0.15, 0.2) is 27.6 Å². The molecule has 0 aliphatic carbocycles. The van der Waals surface area contributed by atoms with Crippen LogP contribution in [0.1, 0.15) is 19.3 Å². The van der Waals surface area contributed by atoms with Crippen molar-refractivity contribution in [1.29, 1.82) is 0 Å². The van der Waals surface area contributed by atoms with Crippen LogP contribution in [0.4, 0.5) is 5.69 Å². The number of hydrogen-bond donors (Lipinski definition) is 3. The van der Waals surface area contributed by atoms with Crippen molar-refractivity contribution in [3.8, 4) is 0 Å². The maximum absolute atomic E-state index is 12.0. The molecule has 1 amide bonds. The van der Waals surface area contributed by atoms with E-state index in [0.29, 0.717) is 22.5 Å². The molecule has 1 fully saturated rings. The van der Waals surface area contributed by atoms with E-state index in [1.54, 1.807) is 0 Å². The van der Waals surface area contributed by atoms with Gasteiger partial charge < -0.3 is 10.6 Å². The second-order valence-corrected chi connectivity index (χ2v) is 7.57. The number of primary sulfonamides is 1. The maximum Gasteiger partial charge on any atom is 0.238 e. The monoisotopic (exact) mass is 375 g/mol. The second-order valence-electron chi connectivity index (χ2n) is 5.15. The normalized spacial score (nSPS) is 19.2. The predicted molar refractivity (Wildman–Crippen MR) is 84.4 cm³/mol. The van der Waals surface area contributed by atoms with Gasteiger partial charge in [0.2, 0.25) is 15.9 Å². The third-order valence-electron chi connectivity index (χ3n) is 3.42. The van der Waals surface area contributed by atoms with Crippen LogP contribution in [0.2, 0.25) is 0 Å². The topological polar surface area (TPSA) is 101 Å². The molecule has 1 atom stereocenters. The number of rotatable bonds is 4. The molecule has 1 aromatic rings. The minimum absolute atomic E-state index is 0.00357. The third kappa shape index (κ3) is 4.77. The molecule has 1 saturated heterocycles. The lowest BCUT2D eigenvalue weighted by atomic mass is 9.96. The van der Waals surface area contributed by atoms with Crippen LogP contribution in [0.5, 0.6) is 0 Å². The molecule has 0 radical (unpaired) electrons. The smallest absolute Gasteiger partial charge is 0.238 e. The van der Waals surface area contributed by atoms with Crippen LogP contribution >= 0.6 is 15.9 Å². The van der Waals surface area contributed by atoms with Crippen molar-refractivity contribution in [2.45, 2.75) is 24.2 Å². The zero-order chi connectivity index (χ0) is 15.5. The van der Waals surface area contributed by atoms with Gasteiger partial charge in [0.1, 0.15) is 0 Å². The van der Waals surface area contributed by atoms with Crippen molar-refractivity contribution in [2.24, 2.45) is 11.1 Å². The molecule has 1 aromatic carbocycles. The lowest BCUT2D eigenvalue weighted by molar-refractivity contribution is -0.117. The van der Waals surface area contributed by atoms with Gasteiger partial charge in [0.15, 0.2) is 0 Å². The highest BCUT2D eigenvalue weighted by molar-refractivity contribution is 9.10. The lowest BCUT2D eigenvalue weighted by Gasteiger charge is -2.22. The molecule has 1 heterocycles. The first-order valence-electron chi connectivity index (χ1n) is 6.69. The number of anilines is 1. The van der Waals surface area contributed by atoms with E-state index in [-0.39, 0.29) is 10.8 Å². The third-order valence-corrected chi connectivity index (χ3v) is 4.98. The van der Waals surface area contributed by atoms with Gasteiger partial charge in [-0.15, -0.1) is 0 Å². The molecule has 0 spiro atoms. The molecule has 2 rings (SSSR count). The minimum atomic E-state index is -3.74. The van der Waals surface area contributed by atoms with Crippen molar-refractivity contribution >= 4 is 37.5 Å². The molecule has 6 nitrogen and oxygen atoms in total. The van der Waals surface area contributed by atoms with Crippen LogP contribution < -0.4 is 15.8 Å². The Morgan fingerprint density at radius 3 is 2.81 bits per heavy atom. The summed E-state index contributed by atoms with van der Waals surface area (Å²) in [4.78, 5) is 12.0. The van der Waals surface area contributed by atoms with E-state index >= 15 is 0 Å². The Labute approximate surface area is 132 Å². The zero-order valence-corrected chi connectivity index (χ0v) is 13.8. The summed E-state index contributed by atoms with van der Waals surface area (Å²) in [5.41, 5.74) is 0.538. The van der Waals surface area contributed by atoms with E-state index in [4.69, 9.17) is 5.14 Å². The summed E-state index contributed by atoms with van der Waals surface area (Å²) in [5, 5.41) is 11.1. The van der Waals surface area contributed by atoms with Crippen molar-refractivity contribution in [3.05, 3.63) is 22.7 Å². The van der Waals surface area contributed by atoms with E-state index < -0.39 is 10.0 Å².